The summed E-state index contributed by atoms with van der Waals surface area (Å²) < 4.78 is 69.3. The predicted octanol–water partition coefficient (Wildman–Crippen LogP) is 1.88. The van der Waals surface area contributed by atoms with Crippen LogP contribution >= 0.6 is 0 Å². The molecule has 1 atom stereocenters. The first-order chi connectivity index (χ1) is 11.7. The largest absolute Gasteiger partial charge is 0.593 e. The van der Waals surface area contributed by atoms with Crippen molar-refractivity contribution in [3.63, 3.8) is 0 Å². The normalized spacial score (nSPS) is 14.3. The van der Waals surface area contributed by atoms with Crippen molar-refractivity contribution in [1.29, 1.82) is 5.26 Å². The van der Waals surface area contributed by atoms with Gasteiger partial charge in [0.1, 0.15) is 24.2 Å². The molecule has 0 N–H and O–H groups in total. The fourth-order valence-electron chi connectivity index (χ4n) is 1.90. The van der Waals surface area contributed by atoms with Gasteiger partial charge in [-0.3, -0.25) is 0 Å². The number of carbonyl (C=O) groups excluding carboxylic acids is 1. The number of rotatable bonds is 5. The van der Waals surface area contributed by atoms with Crippen molar-refractivity contribution in [2.24, 2.45) is 0 Å². The number of nitriles is 1. The minimum absolute atomic E-state index is 0.0168. The fraction of sp³-hybridized carbons (Fsp3) is 0.385. The van der Waals surface area contributed by atoms with Crippen molar-refractivity contribution >= 4 is 21.8 Å². The molecule has 0 saturated carbocycles. The van der Waals surface area contributed by atoms with Gasteiger partial charge in [-0.15, -0.1) is 0 Å². The zero-order valence-corrected chi connectivity index (χ0v) is 14.7. The Balaban J connectivity index is 4.01. The highest BCUT2D eigenvalue weighted by atomic mass is 32.2. The van der Waals surface area contributed by atoms with E-state index in [4.69, 9.17) is 0 Å². The molecule has 0 aromatic heterocycles. The molecular weight excluding hydrogens is 385 g/mol. The predicted molar refractivity (Wildman–Crippen MR) is 80.9 cm³/mol. The van der Waals surface area contributed by atoms with E-state index >= 15 is 0 Å². The number of quaternary nitrogens is 1. The van der Waals surface area contributed by atoms with E-state index in [-0.39, 0.29) is 5.56 Å². The van der Waals surface area contributed by atoms with Crippen molar-refractivity contribution in [2.75, 3.05) is 21.3 Å². The molecule has 0 fully saturated rings. The molecule has 9 nitrogen and oxygen atoms in total. The molecular formula is C13H13F3N2O7S. The molecule has 1 aromatic rings. The van der Waals surface area contributed by atoms with Crippen LogP contribution in [-0.2, 0) is 19.7 Å². The summed E-state index contributed by atoms with van der Waals surface area (Å²) in [7, 11) is -3.78. The third-order valence-corrected chi connectivity index (χ3v) is 4.15. The quantitative estimate of drug-likeness (QED) is 0.242. The maximum absolute atomic E-state index is 12.7. The van der Waals surface area contributed by atoms with E-state index in [9.17, 15) is 36.9 Å². The summed E-state index contributed by atoms with van der Waals surface area (Å²) in [5, 5.41) is 21.7. The number of ether oxygens (including phenoxy) is 1. The Labute approximate surface area is 146 Å². The fourth-order valence-corrected chi connectivity index (χ4v) is 2.39. The first kappa shape index (κ1) is 21.6. The van der Waals surface area contributed by atoms with Crippen LogP contribution in [0.5, 0.6) is 5.75 Å². The van der Waals surface area contributed by atoms with Gasteiger partial charge in [0.2, 0.25) is 11.4 Å². The molecule has 1 aromatic carbocycles. The van der Waals surface area contributed by atoms with Gasteiger partial charge in [-0.05, 0) is 18.6 Å². The van der Waals surface area contributed by atoms with Gasteiger partial charge in [0.25, 0.3) is 0 Å². The molecule has 13 heteroatoms. The summed E-state index contributed by atoms with van der Waals surface area (Å²) in [4.78, 5) is 14.5. The molecule has 1 unspecified atom stereocenters. The summed E-state index contributed by atoms with van der Waals surface area (Å²) in [5.41, 5.74) is -8.14. The lowest BCUT2D eigenvalue weighted by Crippen LogP contribution is -2.39. The van der Waals surface area contributed by atoms with Crippen molar-refractivity contribution in [1.82, 2.24) is 4.81 Å². The van der Waals surface area contributed by atoms with Crippen LogP contribution < -0.4 is 8.99 Å². The van der Waals surface area contributed by atoms with E-state index in [2.05, 4.69) is 13.8 Å². The van der Waals surface area contributed by atoms with Crippen LogP contribution in [0.15, 0.2) is 6.07 Å². The van der Waals surface area contributed by atoms with Crippen molar-refractivity contribution in [3.8, 4) is 11.8 Å². The van der Waals surface area contributed by atoms with Crippen LogP contribution in [0.2, 0.25) is 0 Å². The van der Waals surface area contributed by atoms with E-state index in [1.165, 1.54) is 6.92 Å². The lowest BCUT2D eigenvalue weighted by molar-refractivity contribution is -0.0585. The van der Waals surface area contributed by atoms with Gasteiger partial charge >= 0.3 is 21.6 Å². The Morgan fingerprint density at radius 3 is 2.27 bits per heavy atom. The maximum atomic E-state index is 12.7. The molecule has 144 valence electrons. The molecule has 0 aliphatic rings. The molecule has 0 bridgehead atoms. The van der Waals surface area contributed by atoms with Crippen molar-refractivity contribution in [2.45, 2.75) is 12.4 Å². The number of aryl methyl sites for hydroxylation is 1. The molecule has 0 heterocycles. The summed E-state index contributed by atoms with van der Waals surface area (Å²) in [6, 6.07) is 2.42. The molecule has 0 aliphatic carbocycles. The average molecular weight is 398 g/mol. The number of alkyl halides is 3. The third kappa shape index (κ3) is 3.88. The highest BCUT2D eigenvalue weighted by Gasteiger charge is 2.50. The highest BCUT2D eigenvalue weighted by Crippen LogP contribution is 2.43. The summed E-state index contributed by atoms with van der Waals surface area (Å²) in [6.07, 6.45) is 0. The number of carbonyl (C=O) groups is 1. The van der Waals surface area contributed by atoms with E-state index < -0.39 is 49.0 Å². The SMILES string of the molecule is COC(=O)c1cc(C)c(C#N)c([N+](C)([O-])OC)c1OS(=O)(=O)C(F)(F)F. The topological polar surface area (TPSA) is 126 Å². The number of halogens is 3. The lowest BCUT2D eigenvalue weighted by atomic mass is 10.0. The zero-order chi connectivity index (χ0) is 20.5. The summed E-state index contributed by atoms with van der Waals surface area (Å²) in [5.74, 6) is -2.60. The van der Waals surface area contributed by atoms with Gasteiger partial charge in [0.05, 0.1) is 14.2 Å². The minimum atomic E-state index is -6.27. The van der Waals surface area contributed by atoms with Gasteiger partial charge in [-0.1, -0.05) is 0 Å². The number of hydrogen-bond donors (Lipinski definition) is 0. The molecule has 0 spiro atoms. The Morgan fingerprint density at radius 2 is 1.88 bits per heavy atom. The smallest absolute Gasteiger partial charge is 0.534 e. The number of benzene rings is 1. The van der Waals surface area contributed by atoms with Crippen LogP contribution in [0.3, 0.4) is 0 Å². The van der Waals surface area contributed by atoms with E-state index in [0.29, 0.717) is 0 Å². The Bertz CT molecular complexity index is 873. The first-order valence-corrected chi connectivity index (χ1v) is 7.95. The standard InChI is InChI=1S/C13H13F3N2O7S/c1-7-5-8(12(19)23-3)11(25-26(21,22)13(14,15)16)10(9(7)6-17)18(2,20)24-4/h5H,1-4H3. The number of esters is 1. The average Bonchev–Trinajstić information content (AvgIpc) is 2.53. The molecule has 26 heavy (non-hydrogen) atoms. The molecule has 1 rings (SSSR count). The molecule has 0 saturated heterocycles. The van der Waals surface area contributed by atoms with Crippen LogP contribution in [-0.4, -0.2) is 41.2 Å². The monoisotopic (exact) mass is 398 g/mol. The van der Waals surface area contributed by atoms with Crippen LogP contribution in [0.1, 0.15) is 21.5 Å². The Hall–Kier alpha value is -2.40. The van der Waals surface area contributed by atoms with Crippen LogP contribution in [0, 0.1) is 23.5 Å². The second-order valence-electron chi connectivity index (χ2n) is 4.91. The maximum Gasteiger partial charge on any atom is 0.534 e. The molecule has 0 radical (unpaired) electrons. The number of hydroxylamine groups is 2. The van der Waals surface area contributed by atoms with E-state index in [0.717, 1.165) is 27.3 Å². The van der Waals surface area contributed by atoms with Crippen LogP contribution in [0.25, 0.3) is 0 Å². The summed E-state index contributed by atoms with van der Waals surface area (Å²) >= 11 is 0. The van der Waals surface area contributed by atoms with Crippen LogP contribution in [0.4, 0.5) is 18.9 Å². The van der Waals surface area contributed by atoms with Gasteiger partial charge < -0.3 is 14.1 Å². The van der Waals surface area contributed by atoms with Gasteiger partial charge in [-0.25, -0.2) is 9.63 Å². The van der Waals surface area contributed by atoms with Gasteiger partial charge in [-0.2, -0.15) is 31.7 Å². The van der Waals surface area contributed by atoms with Crippen molar-refractivity contribution in [3.05, 3.63) is 28.0 Å². The van der Waals surface area contributed by atoms with Gasteiger partial charge in [0.15, 0.2) is 0 Å². The number of nitrogens with zero attached hydrogens (tertiary/aromatic N) is 2. The minimum Gasteiger partial charge on any atom is -0.593 e. The van der Waals surface area contributed by atoms with E-state index in [1.54, 1.807) is 6.07 Å². The third-order valence-electron chi connectivity index (χ3n) is 3.20. The Kier molecular flexibility index (Phi) is 5.89. The molecule has 0 aliphatic heterocycles. The second kappa shape index (κ2) is 7.08. The number of hydrogen-bond acceptors (Lipinski definition) is 8. The van der Waals surface area contributed by atoms with Crippen molar-refractivity contribution < 1.29 is 40.1 Å². The van der Waals surface area contributed by atoms with E-state index in [1.807, 2.05) is 0 Å². The van der Waals surface area contributed by atoms with Gasteiger partial charge in [0, 0.05) is 0 Å². The first-order valence-electron chi connectivity index (χ1n) is 6.54. The highest BCUT2D eigenvalue weighted by molar-refractivity contribution is 7.88. The second-order valence-corrected chi connectivity index (χ2v) is 6.45. The zero-order valence-electron chi connectivity index (χ0n) is 13.9. The number of methoxy groups -OCH3 is 1. The Morgan fingerprint density at radius 1 is 1.35 bits per heavy atom. The molecule has 0 amide bonds. The summed E-state index contributed by atoms with van der Waals surface area (Å²) in [6.45, 7) is 1.27. The lowest BCUT2D eigenvalue weighted by Gasteiger charge is -2.34.